The summed E-state index contributed by atoms with van der Waals surface area (Å²) in [7, 11) is 1.60. The highest BCUT2D eigenvalue weighted by molar-refractivity contribution is 7.22. The molecule has 10 nitrogen and oxygen atoms in total. The summed E-state index contributed by atoms with van der Waals surface area (Å²) in [5.74, 6) is -0.219. The number of aromatic nitrogens is 2. The molecule has 1 unspecified atom stereocenters. The van der Waals surface area contributed by atoms with Gasteiger partial charge in [0.15, 0.2) is 11.6 Å². The van der Waals surface area contributed by atoms with E-state index in [0.29, 0.717) is 36.6 Å². The van der Waals surface area contributed by atoms with Crippen molar-refractivity contribution in [1.82, 2.24) is 20.2 Å². The van der Waals surface area contributed by atoms with Crippen molar-refractivity contribution in [3.8, 4) is 22.1 Å². The number of pyridine rings is 2. The molecule has 5 rings (SSSR count). The number of nitrogens with two attached hydrogens (primary N) is 1. The number of benzene rings is 1. The van der Waals surface area contributed by atoms with Crippen LogP contribution in [0.4, 0.5) is 14.9 Å². The molecule has 4 aromatic rings. The van der Waals surface area contributed by atoms with E-state index in [4.69, 9.17) is 15.2 Å². The summed E-state index contributed by atoms with van der Waals surface area (Å²) in [5, 5.41) is 5.45. The minimum atomic E-state index is -0.601. The van der Waals surface area contributed by atoms with Crippen LogP contribution in [0.1, 0.15) is 32.3 Å². The predicted molar refractivity (Wildman–Crippen MR) is 165 cm³/mol. The molecule has 4 N–H and O–H groups in total. The number of amides is 3. The maximum absolute atomic E-state index is 14.9. The fourth-order valence-electron chi connectivity index (χ4n) is 4.33. The number of fused-ring (bicyclic) bond motifs is 1. The summed E-state index contributed by atoms with van der Waals surface area (Å²) in [6.07, 6.45) is 5.28. The number of rotatable bonds is 12. The van der Waals surface area contributed by atoms with Crippen molar-refractivity contribution in [3.05, 3.63) is 66.2 Å². The van der Waals surface area contributed by atoms with Gasteiger partial charge in [-0.3, -0.25) is 14.8 Å². The maximum Gasteiger partial charge on any atom is 0.319 e. The number of thiophene rings is 1. The van der Waals surface area contributed by atoms with E-state index in [1.165, 1.54) is 23.5 Å². The van der Waals surface area contributed by atoms with Crippen molar-refractivity contribution >= 4 is 39.2 Å². The number of carbonyl (C=O) groups excluding carboxylic acids is 2. The molecule has 3 amide bonds. The second-order valence-electron chi connectivity index (χ2n) is 10.8. The second kappa shape index (κ2) is 13.4. The lowest BCUT2D eigenvalue weighted by molar-refractivity contribution is -0.134. The van der Waals surface area contributed by atoms with E-state index in [1.54, 1.807) is 36.5 Å². The first-order valence-electron chi connectivity index (χ1n) is 14.1. The second-order valence-corrected chi connectivity index (χ2v) is 11.9. The van der Waals surface area contributed by atoms with E-state index in [1.807, 2.05) is 32.0 Å². The van der Waals surface area contributed by atoms with Gasteiger partial charge in [0.2, 0.25) is 5.91 Å². The third-order valence-corrected chi connectivity index (χ3v) is 8.19. The van der Waals surface area contributed by atoms with Crippen molar-refractivity contribution in [2.24, 2.45) is 11.7 Å². The van der Waals surface area contributed by atoms with Gasteiger partial charge in [0.1, 0.15) is 5.75 Å². The van der Waals surface area contributed by atoms with Gasteiger partial charge in [-0.05, 0) is 48.6 Å². The Labute approximate surface area is 253 Å². The number of hydrogen-bond acceptors (Lipinski definition) is 8. The van der Waals surface area contributed by atoms with Gasteiger partial charge in [-0.15, -0.1) is 11.3 Å². The summed E-state index contributed by atoms with van der Waals surface area (Å²) in [6.45, 7) is 5.05. The Balaban J connectivity index is 1.29. The number of urea groups is 1. The summed E-state index contributed by atoms with van der Waals surface area (Å²) < 4.78 is 26.8. The van der Waals surface area contributed by atoms with Gasteiger partial charge in [-0.2, -0.15) is 0 Å². The van der Waals surface area contributed by atoms with Crippen LogP contribution in [0.2, 0.25) is 0 Å². The number of nitrogens with one attached hydrogen (secondary N) is 2. The molecule has 0 aliphatic heterocycles. The molecule has 1 aliphatic carbocycles. The van der Waals surface area contributed by atoms with Gasteiger partial charge in [0, 0.05) is 56.5 Å². The Morgan fingerprint density at radius 3 is 2.63 bits per heavy atom. The maximum atomic E-state index is 14.9. The zero-order valence-electron chi connectivity index (χ0n) is 24.3. The van der Waals surface area contributed by atoms with E-state index in [9.17, 15) is 14.0 Å². The minimum Gasteiger partial charge on any atom is -0.453 e. The molecule has 0 radical (unpaired) electrons. The van der Waals surface area contributed by atoms with Gasteiger partial charge >= 0.3 is 6.03 Å². The first-order valence-corrected chi connectivity index (χ1v) is 15.0. The molecule has 1 aromatic carbocycles. The molecule has 1 aliphatic rings. The Hall–Kier alpha value is -4.13. The van der Waals surface area contributed by atoms with Gasteiger partial charge in [-0.25, -0.2) is 9.18 Å². The van der Waals surface area contributed by atoms with Crippen molar-refractivity contribution in [2.75, 3.05) is 25.6 Å². The zero-order valence-corrected chi connectivity index (χ0v) is 25.1. The molecule has 226 valence electrons. The monoisotopic (exact) mass is 606 g/mol. The molecule has 1 saturated carbocycles. The predicted octanol–water partition coefficient (Wildman–Crippen LogP) is 5.53. The van der Waals surface area contributed by atoms with Gasteiger partial charge < -0.3 is 30.7 Å². The van der Waals surface area contributed by atoms with E-state index in [2.05, 4.69) is 20.6 Å². The standard InChI is InChI=1S/C31H35FN6O4S/c1-18(2)28(33)30(39)38(12-13-41-3)17-19-4-8-23(35-16-19)27-15-24-29(43-27)26(10-11-34-24)42-25-9-7-21(14-22(25)32)37-31(40)36-20-5-6-20/h4,7-11,14-16,18,20,28H,5-6,12-13,17,33H2,1-3H3,(H2,36,37,40). The summed E-state index contributed by atoms with van der Waals surface area (Å²) in [5.41, 5.74) is 8.76. The van der Waals surface area contributed by atoms with Crippen LogP contribution < -0.4 is 21.1 Å². The third-order valence-electron chi connectivity index (χ3n) is 7.03. The van der Waals surface area contributed by atoms with E-state index >= 15 is 0 Å². The third kappa shape index (κ3) is 7.64. The Morgan fingerprint density at radius 1 is 1.14 bits per heavy atom. The van der Waals surface area contributed by atoms with E-state index in [0.717, 1.165) is 33.7 Å². The Kier molecular flexibility index (Phi) is 9.49. The summed E-state index contributed by atoms with van der Waals surface area (Å²) in [4.78, 5) is 36.6. The summed E-state index contributed by atoms with van der Waals surface area (Å²) in [6, 6.07) is 11.0. The van der Waals surface area contributed by atoms with Gasteiger partial charge in [0.25, 0.3) is 0 Å². The fourth-order valence-corrected chi connectivity index (χ4v) is 5.37. The normalized spacial score (nSPS) is 13.6. The van der Waals surface area contributed by atoms with Crippen molar-refractivity contribution in [1.29, 1.82) is 0 Å². The number of carbonyl (C=O) groups is 2. The average molecular weight is 607 g/mol. The summed E-state index contributed by atoms with van der Waals surface area (Å²) >= 11 is 1.43. The van der Waals surface area contributed by atoms with Crippen LogP contribution >= 0.6 is 11.3 Å². The van der Waals surface area contributed by atoms with E-state index < -0.39 is 11.9 Å². The van der Waals surface area contributed by atoms with Crippen molar-refractivity contribution in [3.63, 3.8) is 0 Å². The Bertz CT molecular complexity index is 1590. The van der Waals surface area contributed by atoms with Crippen LogP contribution in [0.15, 0.2) is 54.9 Å². The molecular weight excluding hydrogens is 571 g/mol. The van der Waals surface area contributed by atoms with Crippen LogP contribution in [-0.4, -0.2) is 59.2 Å². The first kappa shape index (κ1) is 30.3. The smallest absolute Gasteiger partial charge is 0.319 e. The molecule has 3 heterocycles. The van der Waals surface area contributed by atoms with Gasteiger partial charge in [0.05, 0.1) is 33.4 Å². The number of hydrogen-bond donors (Lipinski definition) is 3. The van der Waals surface area contributed by atoms with Crippen LogP contribution in [-0.2, 0) is 16.1 Å². The molecule has 43 heavy (non-hydrogen) atoms. The average Bonchev–Trinajstić information content (AvgIpc) is 3.69. The fraction of sp³-hybridized carbons (Fsp3) is 0.355. The number of halogens is 1. The highest BCUT2D eigenvalue weighted by atomic mass is 32.1. The van der Waals surface area contributed by atoms with Crippen LogP contribution in [0.25, 0.3) is 20.8 Å². The Morgan fingerprint density at radius 2 is 1.95 bits per heavy atom. The van der Waals surface area contributed by atoms with Crippen molar-refractivity contribution in [2.45, 2.75) is 45.3 Å². The highest BCUT2D eigenvalue weighted by Crippen LogP contribution is 2.39. The molecule has 0 spiro atoms. The topological polar surface area (TPSA) is 132 Å². The lowest BCUT2D eigenvalue weighted by Crippen LogP contribution is -2.47. The number of anilines is 1. The molecule has 0 bridgehead atoms. The highest BCUT2D eigenvalue weighted by Gasteiger charge is 2.24. The minimum absolute atomic E-state index is 0.0196. The quantitative estimate of drug-likeness (QED) is 0.193. The molecule has 1 fully saturated rings. The molecule has 3 aromatic heterocycles. The molecular formula is C31H35FN6O4S. The van der Waals surface area contributed by atoms with Crippen LogP contribution in [0.3, 0.4) is 0 Å². The van der Waals surface area contributed by atoms with Gasteiger partial charge in [-0.1, -0.05) is 19.9 Å². The molecule has 0 saturated heterocycles. The molecule has 12 heteroatoms. The van der Waals surface area contributed by atoms with Crippen molar-refractivity contribution < 1.29 is 23.5 Å². The number of methoxy groups -OCH3 is 1. The van der Waals surface area contributed by atoms with E-state index in [-0.39, 0.29) is 29.6 Å². The zero-order chi connectivity index (χ0) is 30.5. The SMILES string of the molecule is COCCN(Cc1ccc(-c2cc3nccc(Oc4ccc(NC(=O)NC5CC5)cc4F)c3s2)nc1)C(=O)C(N)C(C)C. The first-order chi connectivity index (χ1) is 20.7. The van der Waals surface area contributed by atoms with Crippen LogP contribution in [0, 0.1) is 11.7 Å². The molecule has 1 atom stereocenters. The van der Waals surface area contributed by atoms with Crippen LogP contribution in [0.5, 0.6) is 11.5 Å². The largest absolute Gasteiger partial charge is 0.453 e. The number of nitrogens with zero attached hydrogens (tertiary/aromatic N) is 3. The lowest BCUT2D eigenvalue weighted by atomic mass is 10.0. The number of ether oxygens (including phenoxy) is 2. The lowest BCUT2D eigenvalue weighted by Gasteiger charge is -2.27.